The topological polar surface area (TPSA) is 149 Å². The lowest BCUT2D eigenvalue weighted by atomic mass is 9.72. The van der Waals surface area contributed by atoms with Gasteiger partial charge in [-0.05, 0) is 55.7 Å². The molecule has 0 bridgehead atoms. The molecule has 0 radical (unpaired) electrons. The van der Waals surface area contributed by atoms with E-state index < -0.39 is 21.9 Å². The molecule has 1 spiro atoms. The number of piperidine rings is 3. The highest BCUT2D eigenvalue weighted by Gasteiger charge is 2.52. The number of rotatable bonds is 9. The number of carbonyl (C=O) groups is 2. The van der Waals surface area contributed by atoms with E-state index in [1.807, 2.05) is 12.1 Å². The summed E-state index contributed by atoms with van der Waals surface area (Å²) in [4.78, 5) is 36.7. The zero-order valence-corrected chi connectivity index (χ0v) is 30.9. The van der Waals surface area contributed by atoms with Gasteiger partial charge in [0.15, 0.2) is 0 Å². The number of carbonyl (C=O) groups excluding carboxylic acids is 2. The summed E-state index contributed by atoms with van der Waals surface area (Å²) in [7, 11) is -2.01. The van der Waals surface area contributed by atoms with Crippen LogP contribution in [0.3, 0.4) is 0 Å². The number of halogens is 3. The van der Waals surface area contributed by atoms with E-state index in [0.29, 0.717) is 63.2 Å². The van der Waals surface area contributed by atoms with Crippen molar-refractivity contribution in [2.45, 2.75) is 56.7 Å². The molecule has 8 rings (SSSR count). The van der Waals surface area contributed by atoms with E-state index in [9.17, 15) is 31.2 Å². The second-order valence-corrected chi connectivity index (χ2v) is 17.6. The lowest BCUT2D eigenvalue weighted by Crippen LogP contribution is -2.72. The van der Waals surface area contributed by atoms with Gasteiger partial charge in [0.25, 0.3) is 10.2 Å². The van der Waals surface area contributed by atoms with Crippen LogP contribution in [-0.2, 0) is 33.0 Å². The van der Waals surface area contributed by atoms with Crippen molar-refractivity contribution in [1.29, 1.82) is 0 Å². The fraction of sp³-hybridized carbons (Fsp3) is 0.583. The largest absolute Gasteiger partial charge is 0.419 e. The smallest absolute Gasteiger partial charge is 0.370 e. The molecule has 1 aromatic carbocycles. The first-order valence-corrected chi connectivity index (χ1v) is 20.0. The van der Waals surface area contributed by atoms with Crippen molar-refractivity contribution in [3.63, 3.8) is 0 Å². The van der Waals surface area contributed by atoms with E-state index in [0.717, 1.165) is 63.0 Å². The Morgan fingerprint density at radius 2 is 1.59 bits per heavy atom. The van der Waals surface area contributed by atoms with Crippen molar-refractivity contribution in [1.82, 2.24) is 38.6 Å². The number of nitrogens with zero attached hydrogens (tertiary/aromatic N) is 8. The van der Waals surface area contributed by atoms with Gasteiger partial charge >= 0.3 is 6.18 Å². The van der Waals surface area contributed by atoms with Crippen molar-refractivity contribution < 1.29 is 31.2 Å². The van der Waals surface area contributed by atoms with Gasteiger partial charge in [-0.25, -0.2) is 9.97 Å². The van der Waals surface area contributed by atoms with Crippen LogP contribution in [0.25, 0.3) is 11.3 Å². The van der Waals surface area contributed by atoms with Crippen LogP contribution in [0.4, 0.5) is 24.8 Å². The van der Waals surface area contributed by atoms with Gasteiger partial charge < -0.3 is 15.1 Å². The van der Waals surface area contributed by atoms with Gasteiger partial charge in [0.05, 0.1) is 17.8 Å². The highest BCUT2D eigenvalue weighted by Crippen LogP contribution is 2.43. The van der Waals surface area contributed by atoms with Gasteiger partial charge in [0.1, 0.15) is 5.56 Å². The van der Waals surface area contributed by atoms with Crippen LogP contribution in [0.2, 0.25) is 0 Å². The second kappa shape index (κ2) is 14.2. The summed E-state index contributed by atoms with van der Waals surface area (Å²) >= 11 is 0. The summed E-state index contributed by atoms with van der Waals surface area (Å²) in [5.41, 5.74) is 1.41. The molecule has 5 aliphatic heterocycles. The van der Waals surface area contributed by atoms with Gasteiger partial charge in [-0.15, -0.1) is 0 Å². The molecule has 2 aromatic heterocycles. The quantitative estimate of drug-likeness (QED) is 0.311. The Hall–Kier alpha value is -4.13. The van der Waals surface area contributed by atoms with Crippen molar-refractivity contribution in [2.24, 2.45) is 18.4 Å². The molecule has 1 atom stereocenters. The monoisotopic (exact) mass is 770 g/mol. The molecule has 5 aliphatic rings. The van der Waals surface area contributed by atoms with Crippen LogP contribution in [0, 0.1) is 11.3 Å². The fourth-order valence-electron chi connectivity index (χ4n) is 8.79. The molecule has 3 aromatic rings. The molecule has 0 aliphatic carbocycles. The SMILES string of the molecule is Cn1cc(-c2nc(NC3CCN(S(=O)(=O)N4CCC(CN5CC6(C5)CN(c5ccc(C7CCC(=O)NC7=O)cc5)C6)CC4)CC3)ncc2C(F)(F)F)cn1. The lowest BCUT2D eigenvalue weighted by molar-refractivity contribution is -0.137. The van der Waals surface area contributed by atoms with Crippen molar-refractivity contribution >= 4 is 33.7 Å². The number of nitrogens with one attached hydrogen (secondary N) is 2. The van der Waals surface area contributed by atoms with Crippen LogP contribution in [0.5, 0.6) is 0 Å². The van der Waals surface area contributed by atoms with Gasteiger partial charge in [-0.2, -0.15) is 35.3 Å². The Balaban J connectivity index is 0.762. The van der Waals surface area contributed by atoms with Gasteiger partial charge in [0, 0.05) is 107 Å². The third-order valence-corrected chi connectivity index (χ3v) is 13.7. The molecular formula is C36H45F3N10O4S. The lowest BCUT2D eigenvalue weighted by Gasteiger charge is -2.61. The number of likely N-dealkylation sites (tertiary alicyclic amines) is 1. The average molecular weight is 771 g/mol. The zero-order valence-electron chi connectivity index (χ0n) is 30.1. The predicted molar refractivity (Wildman–Crippen MR) is 193 cm³/mol. The predicted octanol–water partition coefficient (Wildman–Crippen LogP) is 3.07. The Morgan fingerprint density at radius 1 is 0.926 bits per heavy atom. The molecule has 2 N–H and O–H groups in total. The van der Waals surface area contributed by atoms with Crippen molar-refractivity contribution in [3.05, 3.63) is 54.0 Å². The summed E-state index contributed by atoms with van der Waals surface area (Å²) in [5.74, 6) is -0.193. The number of aryl methyl sites for hydroxylation is 1. The zero-order chi connectivity index (χ0) is 37.8. The maximum Gasteiger partial charge on any atom is 0.419 e. The standard InChI is InChI=1S/C36H45F3N10O4S/c1-45-19-26(16-41-45)32-30(36(37,38)39)17-40-34(44-32)42-27-10-14-49(15-11-27)54(52,53)48-12-8-24(9-13-48)18-46-20-35(21-46)22-47(23-35)28-4-2-25(3-5-28)29-6-7-31(50)43-33(29)51/h2-5,16-17,19,24,27,29H,6-15,18,20-23H2,1H3,(H,40,42,44)(H,43,50,51). The minimum absolute atomic E-state index is 0.0614. The summed E-state index contributed by atoms with van der Waals surface area (Å²) < 4.78 is 72.8. The molecule has 14 nitrogen and oxygen atoms in total. The Bertz CT molecular complexity index is 1980. The van der Waals surface area contributed by atoms with Crippen LogP contribution >= 0.6 is 0 Å². The number of hydrogen-bond donors (Lipinski definition) is 2. The summed E-state index contributed by atoms with van der Waals surface area (Å²) in [5, 5.41) is 9.53. The number of alkyl halides is 3. The van der Waals surface area contributed by atoms with Crippen LogP contribution in [0.1, 0.15) is 55.6 Å². The molecule has 18 heteroatoms. The highest BCUT2D eigenvalue weighted by molar-refractivity contribution is 7.86. The maximum absolute atomic E-state index is 13.7. The molecule has 5 saturated heterocycles. The van der Waals surface area contributed by atoms with Crippen molar-refractivity contribution in [3.8, 4) is 11.3 Å². The number of benzene rings is 1. The normalized spacial score (nSPS) is 23.6. The van der Waals surface area contributed by atoms with Crippen molar-refractivity contribution in [2.75, 3.05) is 69.1 Å². The van der Waals surface area contributed by atoms with E-state index in [1.54, 1.807) is 11.4 Å². The molecule has 290 valence electrons. The summed E-state index contributed by atoms with van der Waals surface area (Å²) in [6.07, 6.45) is 2.44. The third kappa shape index (κ3) is 7.44. The van der Waals surface area contributed by atoms with Crippen LogP contribution < -0.4 is 15.5 Å². The van der Waals surface area contributed by atoms with Crippen LogP contribution in [-0.4, -0.2) is 118 Å². The first-order chi connectivity index (χ1) is 25.7. The molecule has 2 amide bonds. The number of anilines is 2. The Labute approximate surface area is 312 Å². The molecule has 5 fully saturated rings. The van der Waals surface area contributed by atoms with Crippen LogP contribution in [0.15, 0.2) is 42.9 Å². The maximum atomic E-state index is 13.7. The fourth-order valence-corrected chi connectivity index (χ4v) is 10.5. The third-order valence-electron chi connectivity index (χ3n) is 11.7. The minimum atomic E-state index is -4.63. The number of imide groups is 1. The summed E-state index contributed by atoms with van der Waals surface area (Å²) in [6, 6.07) is 7.96. The molecule has 1 unspecified atom stereocenters. The van der Waals surface area contributed by atoms with E-state index in [1.165, 1.54) is 21.4 Å². The van der Waals surface area contributed by atoms with E-state index in [-0.39, 0.29) is 41.0 Å². The average Bonchev–Trinajstić information content (AvgIpc) is 3.55. The van der Waals surface area contributed by atoms with Gasteiger partial charge in [-0.1, -0.05) is 12.1 Å². The Kier molecular flexibility index (Phi) is 9.67. The van der Waals surface area contributed by atoms with Gasteiger partial charge in [-0.3, -0.25) is 19.6 Å². The first kappa shape index (κ1) is 36.8. The molecule has 54 heavy (non-hydrogen) atoms. The summed E-state index contributed by atoms with van der Waals surface area (Å²) in [6.45, 7) is 6.62. The first-order valence-electron chi connectivity index (χ1n) is 18.6. The number of hydrogen-bond acceptors (Lipinski definition) is 10. The number of amides is 2. The highest BCUT2D eigenvalue weighted by atomic mass is 32.2. The number of aromatic nitrogens is 4. The molecule has 7 heterocycles. The van der Waals surface area contributed by atoms with E-state index in [4.69, 9.17) is 0 Å². The van der Waals surface area contributed by atoms with E-state index in [2.05, 4.69) is 47.6 Å². The minimum Gasteiger partial charge on any atom is -0.370 e. The van der Waals surface area contributed by atoms with E-state index >= 15 is 0 Å². The Morgan fingerprint density at radius 3 is 2.20 bits per heavy atom. The molecule has 0 saturated carbocycles. The molecular weight excluding hydrogens is 726 g/mol. The van der Waals surface area contributed by atoms with Gasteiger partial charge in [0.2, 0.25) is 17.8 Å². The second-order valence-electron chi connectivity index (χ2n) is 15.6.